The number of benzene rings is 1. The molecule has 3 nitrogen and oxygen atoms in total. The number of carbonyl (C=O) groups is 1. The largest absolute Gasteiger partial charge is 0.376 e. The third kappa shape index (κ3) is 3.73. The van der Waals surface area contributed by atoms with Crippen LogP contribution < -0.4 is 0 Å². The second kappa shape index (κ2) is 7.09. The van der Waals surface area contributed by atoms with E-state index in [1.165, 1.54) is 12.1 Å². The van der Waals surface area contributed by atoms with Crippen LogP contribution in [0.4, 0.5) is 4.39 Å². The topological polar surface area (TPSA) is 29.5 Å². The molecule has 2 rings (SSSR count). The Morgan fingerprint density at radius 3 is 3.10 bits per heavy atom. The van der Waals surface area contributed by atoms with Gasteiger partial charge in [0.25, 0.3) is 5.91 Å². The molecule has 1 aromatic rings. The van der Waals surface area contributed by atoms with Crippen LogP contribution in [0.15, 0.2) is 23.1 Å². The van der Waals surface area contributed by atoms with Crippen molar-refractivity contribution in [1.82, 2.24) is 4.90 Å². The summed E-state index contributed by atoms with van der Waals surface area (Å²) in [6, 6.07) is 4.31. The van der Waals surface area contributed by atoms with Crippen molar-refractivity contribution in [2.75, 3.05) is 19.7 Å². The van der Waals surface area contributed by atoms with Crippen molar-refractivity contribution in [2.24, 2.45) is 0 Å². The summed E-state index contributed by atoms with van der Waals surface area (Å²) >= 11 is 4.16. The van der Waals surface area contributed by atoms with E-state index in [4.69, 9.17) is 4.74 Å². The minimum Gasteiger partial charge on any atom is -0.376 e. The average Bonchev–Trinajstić information content (AvgIpc) is 2.47. The first kappa shape index (κ1) is 15.3. The van der Waals surface area contributed by atoms with Crippen molar-refractivity contribution in [3.63, 3.8) is 0 Å². The Labute approximate surface area is 124 Å². The fourth-order valence-electron chi connectivity index (χ4n) is 2.39. The average molecular weight is 297 g/mol. The molecule has 5 heteroatoms. The molecule has 1 aliphatic rings. The highest BCUT2D eigenvalue weighted by Gasteiger charge is 2.26. The van der Waals surface area contributed by atoms with Gasteiger partial charge in [-0.15, -0.1) is 12.6 Å². The number of halogens is 1. The highest BCUT2D eigenvalue weighted by atomic mass is 32.1. The fourth-order valence-corrected chi connectivity index (χ4v) is 2.59. The molecule has 1 fully saturated rings. The molecule has 1 heterocycles. The van der Waals surface area contributed by atoms with Gasteiger partial charge in [-0.2, -0.15) is 0 Å². The summed E-state index contributed by atoms with van der Waals surface area (Å²) in [5.74, 6) is -0.771. The van der Waals surface area contributed by atoms with Crippen molar-refractivity contribution in [3.05, 3.63) is 29.6 Å². The number of rotatable bonds is 4. The number of piperidine rings is 1. The van der Waals surface area contributed by atoms with E-state index in [-0.39, 0.29) is 17.6 Å². The smallest absolute Gasteiger partial charge is 0.256 e. The quantitative estimate of drug-likeness (QED) is 0.865. The summed E-state index contributed by atoms with van der Waals surface area (Å²) in [7, 11) is 0. The van der Waals surface area contributed by atoms with Crippen molar-refractivity contribution in [3.8, 4) is 0 Å². The predicted octanol–water partition coefficient (Wildman–Crippen LogP) is 3.15. The van der Waals surface area contributed by atoms with Gasteiger partial charge in [0.2, 0.25) is 0 Å². The molecule has 1 atom stereocenters. The first-order valence-corrected chi connectivity index (χ1v) is 7.46. The van der Waals surface area contributed by atoms with Gasteiger partial charge < -0.3 is 9.64 Å². The first-order chi connectivity index (χ1) is 9.61. The summed E-state index contributed by atoms with van der Waals surface area (Å²) in [5.41, 5.74) is 0.0913. The molecule has 1 amide bonds. The number of amides is 1. The zero-order chi connectivity index (χ0) is 14.5. The third-order valence-electron chi connectivity index (χ3n) is 3.40. The van der Waals surface area contributed by atoms with E-state index in [9.17, 15) is 9.18 Å². The van der Waals surface area contributed by atoms with Crippen LogP contribution in [-0.4, -0.2) is 36.6 Å². The maximum absolute atomic E-state index is 13.8. The molecule has 1 aliphatic heterocycles. The van der Waals surface area contributed by atoms with Gasteiger partial charge in [-0.1, -0.05) is 6.92 Å². The second-order valence-corrected chi connectivity index (χ2v) is 5.57. The van der Waals surface area contributed by atoms with Crippen LogP contribution in [0.1, 0.15) is 36.5 Å². The number of nitrogens with zero attached hydrogens (tertiary/aromatic N) is 1. The number of likely N-dealkylation sites (tertiary alicyclic amines) is 1. The summed E-state index contributed by atoms with van der Waals surface area (Å²) in [5, 5.41) is 0. The van der Waals surface area contributed by atoms with E-state index >= 15 is 0 Å². The van der Waals surface area contributed by atoms with Crippen LogP contribution in [0.5, 0.6) is 0 Å². The second-order valence-electron chi connectivity index (χ2n) is 5.05. The Hall–Kier alpha value is -1.07. The molecule has 1 saturated heterocycles. The van der Waals surface area contributed by atoms with Crippen LogP contribution in [0.25, 0.3) is 0 Å². The first-order valence-electron chi connectivity index (χ1n) is 7.01. The molecule has 110 valence electrons. The Morgan fingerprint density at radius 2 is 2.35 bits per heavy atom. The molecule has 20 heavy (non-hydrogen) atoms. The predicted molar refractivity (Wildman–Crippen MR) is 78.8 cm³/mol. The van der Waals surface area contributed by atoms with E-state index in [1.54, 1.807) is 11.0 Å². The van der Waals surface area contributed by atoms with Crippen molar-refractivity contribution >= 4 is 18.5 Å². The SMILES string of the molecule is CCCOC1CCCN(C(=O)c2cc(S)ccc2F)C1. The molecule has 0 N–H and O–H groups in total. The number of hydrogen-bond donors (Lipinski definition) is 1. The zero-order valence-corrected chi connectivity index (χ0v) is 12.5. The van der Waals surface area contributed by atoms with Crippen LogP contribution >= 0.6 is 12.6 Å². The minimum absolute atomic E-state index is 0.0647. The molecule has 0 aliphatic carbocycles. The van der Waals surface area contributed by atoms with Gasteiger partial charge in [0.15, 0.2) is 0 Å². The molecule has 1 unspecified atom stereocenters. The van der Waals surface area contributed by atoms with Gasteiger partial charge in [0.05, 0.1) is 11.7 Å². The highest BCUT2D eigenvalue weighted by molar-refractivity contribution is 7.80. The van der Waals surface area contributed by atoms with Gasteiger partial charge in [-0.05, 0) is 37.5 Å². The molecule has 0 aromatic heterocycles. The molecule has 0 spiro atoms. The van der Waals surface area contributed by atoms with Gasteiger partial charge in [-0.3, -0.25) is 4.79 Å². The maximum Gasteiger partial charge on any atom is 0.256 e. The number of hydrogen-bond acceptors (Lipinski definition) is 3. The fraction of sp³-hybridized carbons (Fsp3) is 0.533. The third-order valence-corrected chi connectivity index (χ3v) is 3.68. The van der Waals surface area contributed by atoms with Crippen LogP contribution in [0.3, 0.4) is 0 Å². The molecule has 0 saturated carbocycles. The Morgan fingerprint density at radius 1 is 1.55 bits per heavy atom. The van der Waals surface area contributed by atoms with Crippen LogP contribution in [-0.2, 0) is 4.74 Å². The Bertz CT molecular complexity index is 481. The van der Waals surface area contributed by atoms with Gasteiger partial charge in [-0.25, -0.2) is 4.39 Å². The molecule has 0 radical (unpaired) electrons. The maximum atomic E-state index is 13.8. The molecule has 1 aromatic carbocycles. The van der Waals surface area contributed by atoms with Crippen LogP contribution in [0.2, 0.25) is 0 Å². The van der Waals surface area contributed by atoms with E-state index in [2.05, 4.69) is 19.6 Å². The lowest BCUT2D eigenvalue weighted by molar-refractivity contribution is 0.00195. The highest BCUT2D eigenvalue weighted by Crippen LogP contribution is 2.20. The monoisotopic (exact) mass is 297 g/mol. The lowest BCUT2D eigenvalue weighted by Gasteiger charge is -2.32. The Balaban J connectivity index is 2.06. The van der Waals surface area contributed by atoms with E-state index in [0.29, 0.717) is 24.6 Å². The zero-order valence-electron chi connectivity index (χ0n) is 11.6. The molecular weight excluding hydrogens is 277 g/mol. The molecule has 0 bridgehead atoms. The van der Waals surface area contributed by atoms with Gasteiger partial charge in [0.1, 0.15) is 5.82 Å². The number of carbonyl (C=O) groups excluding carboxylic acids is 1. The van der Waals surface area contributed by atoms with Gasteiger partial charge in [0, 0.05) is 24.6 Å². The van der Waals surface area contributed by atoms with Crippen molar-refractivity contribution in [1.29, 1.82) is 0 Å². The lowest BCUT2D eigenvalue weighted by atomic mass is 10.1. The van der Waals surface area contributed by atoms with Crippen LogP contribution in [0, 0.1) is 5.82 Å². The lowest BCUT2D eigenvalue weighted by Crippen LogP contribution is -2.43. The molecular formula is C15H20FNO2S. The normalized spacial score (nSPS) is 19.1. The summed E-state index contributed by atoms with van der Waals surface area (Å²) in [6.07, 6.45) is 2.87. The van der Waals surface area contributed by atoms with E-state index in [0.717, 1.165) is 19.3 Å². The number of thiol groups is 1. The van der Waals surface area contributed by atoms with E-state index in [1.807, 2.05) is 0 Å². The number of ether oxygens (including phenoxy) is 1. The minimum atomic E-state index is -0.496. The van der Waals surface area contributed by atoms with Crippen molar-refractivity contribution < 1.29 is 13.9 Å². The standard InChI is InChI=1S/C15H20FNO2S/c1-2-8-19-11-4-3-7-17(10-11)15(18)13-9-12(20)5-6-14(13)16/h5-6,9,11,20H,2-4,7-8,10H2,1H3. The van der Waals surface area contributed by atoms with Crippen molar-refractivity contribution in [2.45, 2.75) is 37.2 Å². The van der Waals surface area contributed by atoms with E-state index < -0.39 is 5.82 Å². The summed E-state index contributed by atoms with van der Waals surface area (Å²) in [6.45, 7) is 3.95. The van der Waals surface area contributed by atoms with Gasteiger partial charge >= 0.3 is 0 Å². The summed E-state index contributed by atoms with van der Waals surface area (Å²) in [4.78, 5) is 14.7. The Kier molecular flexibility index (Phi) is 5.43. The summed E-state index contributed by atoms with van der Waals surface area (Å²) < 4.78 is 19.5.